The van der Waals surface area contributed by atoms with Crippen LogP contribution in [0.25, 0.3) is 0 Å². The summed E-state index contributed by atoms with van der Waals surface area (Å²) in [6.07, 6.45) is -6.66. The topological polar surface area (TPSA) is 188 Å². The number of hydrogen-bond acceptors (Lipinski definition) is 12. The second-order valence-corrected chi connectivity index (χ2v) is 10.1. The molecule has 262 valence electrons. The lowest BCUT2D eigenvalue weighted by atomic mass is 9.80. The molecular formula is C32H33F3N4O10. The van der Waals surface area contributed by atoms with E-state index in [4.69, 9.17) is 14.2 Å². The van der Waals surface area contributed by atoms with E-state index < -0.39 is 76.9 Å². The molecule has 4 N–H and O–H groups in total. The van der Waals surface area contributed by atoms with Crippen LogP contribution < -0.4 is 20.7 Å². The summed E-state index contributed by atoms with van der Waals surface area (Å²) in [5.74, 6) is 1.16. The molecule has 2 aromatic carbocycles. The fraction of sp³-hybridized carbons (Fsp3) is 0.344. The first-order valence-corrected chi connectivity index (χ1v) is 14.5. The van der Waals surface area contributed by atoms with E-state index in [-0.39, 0.29) is 31.0 Å². The number of non-ortho nitro benzene ring substituents is 1. The fourth-order valence-corrected chi connectivity index (χ4v) is 4.53. The van der Waals surface area contributed by atoms with E-state index >= 15 is 0 Å². The largest absolute Gasteiger partial charge is 0.491 e. The number of nitro benzene ring substituents is 1. The van der Waals surface area contributed by atoms with Crippen LogP contribution in [0.5, 0.6) is 5.75 Å². The van der Waals surface area contributed by atoms with Crippen molar-refractivity contribution >= 4 is 23.7 Å². The Balaban J connectivity index is 1.53. The van der Waals surface area contributed by atoms with Gasteiger partial charge in [-0.25, -0.2) is 14.4 Å². The second kappa shape index (κ2) is 18.1. The Bertz CT molecular complexity index is 1630. The number of halogens is 3. The van der Waals surface area contributed by atoms with Gasteiger partial charge >= 0.3 is 24.2 Å². The van der Waals surface area contributed by atoms with Crippen LogP contribution in [0.2, 0.25) is 0 Å². The molecule has 0 saturated heterocycles. The number of para-hydroxylation sites is 1. The Kier molecular flexibility index (Phi) is 14.0. The van der Waals surface area contributed by atoms with E-state index in [1.807, 2.05) is 23.5 Å². The number of alkyl carbamates (subject to hydrolysis) is 1. The first-order chi connectivity index (χ1) is 23.3. The molecule has 17 heteroatoms. The minimum atomic E-state index is -5.09. The zero-order valence-electron chi connectivity index (χ0n) is 26.3. The Morgan fingerprint density at radius 2 is 1.71 bits per heavy atom. The van der Waals surface area contributed by atoms with E-state index in [9.17, 15) is 42.8 Å². The van der Waals surface area contributed by atoms with E-state index in [0.717, 1.165) is 26.2 Å². The molecule has 0 aliphatic carbocycles. The Morgan fingerprint density at radius 1 is 1.02 bits per heavy atom. The molecule has 1 aliphatic heterocycles. The number of methoxy groups -OCH3 is 1. The predicted molar refractivity (Wildman–Crippen MR) is 166 cm³/mol. The fourth-order valence-electron chi connectivity index (χ4n) is 4.53. The lowest BCUT2D eigenvalue weighted by Crippen LogP contribution is -2.38. The number of nitro groups is 1. The highest BCUT2D eigenvalue weighted by molar-refractivity contribution is 6.00. The molecule has 1 heterocycles. The molecule has 3 rings (SSSR count). The zero-order valence-corrected chi connectivity index (χ0v) is 26.3. The number of aliphatic hydroxyl groups excluding tert-OH is 1. The molecule has 0 fully saturated rings. The highest BCUT2D eigenvalue weighted by Gasteiger charge is 2.47. The van der Waals surface area contributed by atoms with Gasteiger partial charge in [-0.15, -0.1) is 0 Å². The number of benzene rings is 2. The molecule has 0 saturated carbocycles. The molecule has 2 aromatic rings. The average molecular weight is 691 g/mol. The molecule has 14 nitrogen and oxygen atoms in total. The van der Waals surface area contributed by atoms with Gasteiger partial charge in [-0.05, 0) is 24.6 Å². The van der Waals surface area contributed by atoms with Gasteiger partial charge in [0, 0.05) is 37.5 Å². The summed E-state index contributed by atoms with van der Waals surface area (Å²) in [5.41, 5.74) is -3.91. The van der Waals surface area contributed by atoms with Gasteiger partial charge in [0.1, 0.15) is 24.2 Å². The van der Waals surface area contributed by atoms with Gasteiger partial charge in [-0.2, -0.15) is 13.2 Å². The summed E-state index contributed by atoms with van der Waals surface area (Å²) in [6.45, 7) is 0.965. The number of nitrogens with zero attached hydrogens (tertiary/aromatic N) is 1. The Hall–Kier alpha value is -5.60. The molecule has 2 atom stereocenters. The molecule has 0 spiro atoms. The standard InChI is InChI=1S/C32H33F3N4O10/c1-20-25(26(21-9-8-10-22(17-21)39(44)45)27(29(41)46-2)28(38-20)32(33,34)35)30(42)47-15-6-7-16-48-31(43)37-14-13-36-18-23(40)19-49-24-11-4-3-5-12-24/h3-5,8-12,17,23,26,36,38,40H,13-16,18-19H2,1-2H3,(H,37,43). The molecule has 0 aromatic heterocycles. The van der Waals surface area contributed by atoms with Crippen LogP contribution >= 0.6 is 0 Å². The normalized spacial score (nSPS) is 14.9. The van der Waals surface area contributed by atoms with Gasteiger partial charge < -0.3 is 40.0 Å². The lowest BCUT2D eigenvalue weighted by molar-refractivity contribution is -0.384. The number of rotatable bonds is 14. The maximum absolute atomic E-state index is 14.0. The van der Waals surface area contributed by atoms with Gasteiger partial charge in [0.15, 0.2) is 13.2 Å². The first kappa shape index (κ1) is 37.9. The predicted octanol–water partition coefficient (Wildman–Crippen LogP) is 2.85. The van der Waals surface area contributed by atoms with Gasteiger partial charge in [-0.1, -0.05) is 42.2 Å². The average Bonchev–Trinajstić information content (AvgIpc) is 3.07. The van der Waals surface area contributed by atoms with Gasteiger partial charge in [-0.3, -0.25) is 10.1 Å². The zero-order chi connectivity index (χ0) is 36.0. The summed E-state index contributed by atoms with van der Waals surface area (Å²) in [7, 11) is 0.849. The monoisotopic (exact) mass is 690 g/mol. The third-order valence-electron chi connectivity index (χ3n) is 6.70. The third-order valence-corrected chi connectivity index (χ3v) is 6.70. The van der Waals surface area contributed by atoms with E-state index in [2.05, 4.69) is 27.2 Å². The SMILES string of the molecule is COC(=O)C1=C(C(F)(F)F)NC(C)=C(C(=O)OCC#CCOC(=O)NCCNCC(O)COc2ccccc2)C1c1cccc([N+](=O)[O-])c1. The van der Waals surface area contributed by atoms with E-state index in [1.165, 1.54) is 12.1 Å². The maximum atomic E-state index is 14.0. The van der Waals surface area contributed by atoms with Gasteiger partial charge in [0.05, 0.1) is 29.1 Å². The van der Waals surface area contributed by atoms with Crippen LogP contribution in [0, 0.1) is 22.0 Å². The van der Waals surface area contributed by atoms with E-state index in [0.29, 0.717) is 12.3 Å². The van der Waals surface area contributed by atoms with Crippen LogP contribution in [0.15, 0.2) is 77.1 Å². The minimum absolute atomic E-state index is 0.0809. The number of aliphatic hydroxyl groups is 1. The number of dihydropyridines is 1. The molecule has 0 radical (unpaired) electrons. The summed E-state index contributed by atoms with van der Waals surface area (Å²) >= 11 is 0. The smallest absolute Gasteiger partial charge is 0.431 e. The van der Waals surface area contributed by atoms with Crippen molar-refractivity contribution in [3.8, 4) is 17.6 Å². The molecular weight excluding hydrogens is 657 g/mol. The molecule has 2 unspecified atom stereocenters. The number of allylic oxidation sites excluding steroid dienone is 2. The number of ether oxygens (including phenoxy) is 4. The van der Waals surface area contributed by atoms with Crippen molar-refractivity contribution in [2.75, 3.05) is 46.6 Å². The number of carbonyl (C=O) groups is 3. The van der Waals surface area contributed by atoms with Crippen molar-refractivity contribution in [1.29, 1.82) is 0 Å². The quantitative estimate of drug-likeness (QED) is 0.0568. The van der Waals surface area contributed by atoms with Crippen molar-refractivity contribution in [2.24, 2.45) is 0 Å². The van der Waals surface area contributed by atoms with Crippen LogP contribution in [-0.4, -0.2) is 86.9 Å². The molecule has 1 aliphatic rings. The molecule has 0 bridgehead atoms. The summed E-state index contributed by atoms with van der Waals surface area (Å²) in [5, 5.41) is 28.8. The number of hydrogen-bond donors (Lipinski definition) is 4. The second-order valence-electron chi connectivity index (χ2n) is 10.1. The Labute approximate surface area is 278 Å². The van der Waals surface area contributed by atoms with Crippen molar-refractivity contribution in [3.05, 3.63) is 92.8 Å². The third kappa shape index (κ3) is 11.3. The first-order valence-electron chi connectivity index (χ1n) is 14.5. The number of alkyl halides is 3. The highest BCUT2D eigenvalue weighted by atomic mass is 19.4. The van der Waals surface area contributed by atoms with Crippen molar-refractivity contribution in [1.82, 2.24) is 16.0 Å². The number of nitrogens with one attached hydrogen (secondary N) is 3. The molecule has 1 amide bonds. The minimum Gasteiger partial charge on any atom is -0.491 e. The van der Waals surface area contributed by atoms with Crippen molar-refractivity contribution in [3.63, 3.8) is 0 Å². The summed E-state index contributed by atoms with van der Waals surface area (Å²) < 4.78 is 62.1. The van der Waals surface area contributed by atoms with Crippen LogP contribution in [0.4, 0.5) is 23.7 Å². The van der Waals surface area contributed by atoms with Crippen molar-refractivity contribution < 1.29 is 56.5 Å². The Morgan fingerprint density at radius 3 is 2.37 bits per heavy atom. The van der Waals surface area contributed by atoms with Crippen LogP contribution in [0.1, 0.15) is 18.4 Å². The summed E-state index contributed by atoms with van der Waals surface area (Å²) in [6, 6.07) is 13.4. The van der Waals surface area contributed by atoms with Crippen LogP contribution in [0.3, 0.4) is 0 Å². The van der Waals surface area contributed by atoms with Crippen LogP contribution in [-0.2, 0) is 23.8 Å². The van der Waals surface area contributed by atoms with Gasteiger partial charge in [0.2, 0.25) is 0 Å². The van der Waals surface area contributed by atoms with E-state index in [1.54, 1.807) is 12.1 Å². The lowest BCUT2D eigenvalue weighted by Gasteiger charge is -2.31. The highest BCUT2D eigenvalue weighted by Crippen LogP contribution is 2.43. The van der Waals surface area contributed by atoms with Gasteiger partial charge in [0.25, 0.3) is 5.69 Å². The number of esters is 2. The number of amides is 1. The summed E-state index contributed by atoms with van der Waals surface area (Å²) in [4.78, 5) is 48.3. The molecule has 49 heavy (non-hydrogen) atoms. The van der Waals surface area contributed by atoms with Crippen molar-refractivity contribution in [2.45, 2.75) is 25.1 Å². The maximum Gasteiger partial charge on any atom is 0.431 e. The number of carbonyl (C=O) groups excluding carboxylic acids is 3.